The van der Waals surface area contributed by atoms with E-state index in [0.29, 0.717) is 6.61 Å². The first-order chi connectivity index (χ1) is 11.2. The molecule has 1 aliphatic carbocycles. The Morgan fingerprint density at radius 3 is 2.35 bits per heavy atom. The lowest BCUT2D eigenvalue weighted by atomic mass is 10.1. The van der Waals surface area contributed by atoms with E-state index in [-0.39, 0.29) is 11.2 Å². The molecular formula is C20H38O2S. The second kappa shape index (κ2) is 14.2. The van der Waals surface area contributed by atoms with Crippen LogP contribution in [0.15, 0.2) is 0 Å². The Morgan fingerprint density at radius 1 is 1.00 bits per heavy atom. The minimum absolute atomic E-state index is 0.00144. The largest absolute Gasteiger partial charge is 0.465 e. The number of hydrogen-bond donors (Lipinski definition) is 0. The van der Waals surface area contributed by atoms with Gasteiger partial charge in [0.2, 0.25) is 0 Å². The van der Waals surface area contributed by atoms with Gasteiger partial charge in [-0.05, 0) is 31.4 Å². The van der Waals surface area contributed by atoms with Crippen LogP contribution in [0.25, 0.3) is 0 Å². The molecule has 0 bridgehead atoms. The van der Waals surface area contributed by atoms with Crippen LogP contribution in [-0.2, 0) is 9.53 Å². The quantitative estimate of drug-likeness (QED) is 0.241. The van der Waals surface area contributed by atoms with Gasteiger partial charge in [-0.25, -0.2) is 0 Å². The Bertz CT molecular complexity index is 289. The summed E-state index contributed by atoms with van der Waals surface area (Å²) in [5.74, 6) is 2.10. The Hall–Kier alpha value is -0.180. The molecule has 0 radical (unpaired) electrons. The van der Waals surface area contributed by atoms with Crippen LogP contribution in [-0.4, -0.2) is 23.6 Å². The van der Waals surface area contributed by atoms with Gasteiger partial charge in [-0.3, -0.25) is 4.79 Å². The topological polar surface area (TPSA) is 26.3 Å². The van der Waals surface area contributed by atoms with Crippen LogP contribution in [0.2, 0.25) is 0 Å². The van der Waals surface area contributed by atoms with Crippen molar-refractivity contribution in [3.8, 4) is 0 Å². The van der Waals surface area contributed by atoms with Gasteiger partial charge >= 0.3 is 5.97 Å². The van der Waals surface area contributed by atoms with Gasteiger partial charge in [0.1, 0.15) is 0 Å². The molecule has 0 aromatic heterocycles. The lowest BCUT2D eigenvalue weighted by molar-refractivity contribution is -0.142. The van der Waals surface area contributed by atoms with Crippen molar-refractivity contribution in [1.29, 1.82) is 0 Å². The third-order valence-electron chi connectivity index (χ3n) is 4.65. The van der Waals surface area contributed by atoms with Crippen molar-refractivity contribution in [2.75, 3.05) is 12.4 Å². The summed E-state index contributed by atoms with van der Waals surface area (Å²) >= 11 is 1.76. The van der Waals surface area contributed by atoms with E-state index < -0.39 is 0 Å². The van der Waals surface area contributed by atoms with E-state index in [9.17, 15) is 4.79 Å². The molecule has 0 amide bonds. The molecule has 136 valence electrons. The summed E-state index contributed by atoms with van der Waals surface area (Å²) in [6.07, 6.45) is 17.2. The number of ether oxygens (including phenoxy) is 1. The molecular weight excluding hydrogens is 304 g/mol. The Labute approximate surface area is 148 Å². The van der Waals surface area contributed by atoms with Crippen molar-refractivity contribution in [3.05, 3.63) is 0 Å². The lowest BCUT2D eigenvalue weighted by Gasteiger charge is -2.11. The SMILES string of the molecule is CCCCCCCCCSC(C)C(=O)OCCCCCC1CC1. The fourth-order valence-corrected chi connectivity index (χ4v) is 3.72. The molecule has 1 saturated carbocycles. The average molecular weight is 343 g/mol. The summed E-state index contributed by atoms with van der Waals surface area (Å²) < 4.78 is 5.39. The fourth-order valence-electron chi connectivity index (χ4n) is 2.80. The highest BCUT2D eigenvalue weighted by Gasteiger charge is 2.20. The van der Waals surface area contributed by atoms with E-state index >= 15 is 0 Å². The van der Waals surface area contributed by atoms with E-state index in [4.69, 9.17) is 4.74 Å². The lowest BCUT2D eigenvalue weighted by Crippen LogP contribution is -2.18. The van der Waals surface area contributed by atoms with E-state index in [1.54, 1.807) is 11.8 Å². The van der Waals surface area contributed by atoms with Crippen LogP contribution in [0.4, 0.5) is 0 Å². The van der Waals surface area contributed by atoms with Gasteiger partial charge in [-0.15, -0.1) is 11.8 Å². The highest BCUT2D eigenvalue weighted by Crippen LogP contribution is 2.33. The Morgan fingerprint density at radius 2 is 1.65 bits per heavy atom. The number of hydrogen-bond acceptors (Lipinski definition) is 3. The first-order valence-corrected chi connectivity index (χ1v) is 11.1. The minimum atomic E-state index is -0.0138. The monoisotopic (exact) mass is 342 g/mol. The van der Waals surface area contributed by atoms with Crippen molar-refractivity contribution in [3.63, 3.8) is 0 Å². The van der Waals surface area contributed by atoms with Crippen molar-refractivity contribution in [2.45, 2.75) is 103 Å². The molecule has 1 unspecified atom stereocenters. The first kappa shape index (κ1) is 20.9. The van der Waals surface area contributed by atoms with E-state index in [0.717, 1.165) is 18.1 Å². The molecule has 1 aliphatic rings. The first-order valence-electron chi connectivity index (χ1n) is 10.0. The molecule has 1 rings (SSSR count). The van der Waals surface area contributed by atoms with Crippen molar-refractivity contribution in [1.82, 2.24) is 0 Å². The normalized spacial score (nSPS) is 15.6. The van der Waals surface area contributed by atoms with Gasteiger partial charge in [0.25, 0.3) is 0 Å². The summed E-state index contributed by atoms with van der Waals surface area (Å²) in [4.78, 5) is 11.9. The van der Waals surface area contributed by atoms with Gasteiger partial charge in [0.15, 0.2) is 0 Å². The van der Waals surface area contributed by atoms with Crippen LogP contribution in [0, 0.1) is 5.92 Å². The Kier molecular flexibility index (Phi) is 12.9. The van der Waals surface area contributed by atoms with Crippen molar-refractivity contribution >= 4 is 17.7 Å². The minimum Gasteiger partial charge on any atom is -0.465 e. The van der Waals surface area contributed by atoms with Crippen molar-refractivity contribution in [2.24, 2.45) is 5.92 Å². The summed E-state index contributed by atoms with van der Waals surface area (Å²) in [6.45, 7) is 4.86. The molecule has 0 heterocycles. The zero-order valence-corrected chi connectivity index (χ0v) is 16.3. The van der Waals surface area contributed by atoms with E-state index in [1.807, 2.05) is 6.92 Å². The molecule has 0 spiro atoms. The number of unbranched alkanes of at least 4 members (excludes halogenated alkanes) is 8. The molecule has 23 heavy (non-hydrogen) atoms. The van der Waals surface area contributed by atoms with Gasteiger partial charge in [0.05, 0.1) is 11.9 Å². The molecule has 1 fully saturated rings. The third kappa shape index (κ3) is 12.9. The number of esters is 1. The number of carbonyl (C=O) groups is 1. The highest BCUT2D eigenvalue weighted by molar-refractivity contribution is 8.00. The number of carbonyl (C=O) groups excluding carboxylic acids is 1. The molecule has 0 aromatic carbocycles. The fraction of sp³-hybridized carbons (Fsp3) is 0.950. The van der Waals surface area contributed by atoms with E-state index in [1.165, 1.54) is 77.0 Å². The predicted octanol–water partition coefficient (Wildman–Crippen LogP) is 6.37. The van der Waals surface area contributed by atoms with Gasteiger partial charge < -0.3 is 4.74 Å². The summed E-state index contributed by atoms with van der Waals surface area (Å²) in [6, 6.07) is 0. The molecule has 0 N–H and O–H groups in total. The molecule has 1 atom stereocenters. The van der Waals surface area contributed by atoms with Gasteiger partial charge in [-0.2, -0.15) is 0 Å². The average Bonchev–Trinajstić information content (AvgIpc) is 3.37. The third-order valence-corrected chi connectivity index (χ3v) is 5.86. The maximum absolute atomic E-state index is 11.9. The second-order valence-electron chi connectivity index (χ2n) is 7.09. The molecule has 3 heteroatoms. The van der Waals surface area contributed by atoms with Gasteiger partial charge in [0, 0.05) is 0 Å². The second-order valence-corrected chi connectivity index (χ2v) is 8.54. The Balaban J connectivity index is 1.82. The highest BCUT2D eigenvalue weighted by atomic mass is 32.2. The van der Waals surface area contributed by atoms with Crippen LogP contribution in [0.3, 0.4) is 0 Å². The van der Waals surface area contributed by atoms with Crippen LogP contribution in [0.5, 0.6) is 0 Å². The zero-order chi connectivity index (χ0) is 16.8. The summed E-state index contributed by atoms with van der Waals surface area (Å²) in [5.41, 5.74) is 0. The summed E-state index contributed by atoms with van der Waals surface area (Å²) in [7, 11) is 0. The van der Waals surface area contributed by atoms with Gasteiger partial charge in [-0.1, -0.05) is 77.6 Å². The standard InChI is InChI=1S/C20H38O2S/c1-3-4-5-6-7-8-12-17-23-18(2)20(21)22-16-11-9-10-13-19-14-15-19/h18-19H,3-17H2,1-2H3. The predicted molar refractivity (Wildman–Crippen MR) is 102 cm³/mol. The molecule has 2 nitrogen and oxygen atoms in total. The zero-order valence-electron chi connectivity index (χ0n) is 15.5. The number of thioether (sulfide) groups is 1. The van der Waals surface area contributed by atoms with Crippen LogP contribution in [0.1, 0.15) is 97.3 Å². The molecule has 0 aromatic rings. The maximum atomic E-state index is 11.9. The summed E-state index contributed by atoms with van der Waals surface area (Å²) in [5, 5.41) is 0.00144. The smallest absolute Gasteiger partial charge is 0.318 e. The van der Waals surface area contributed by atoms with Crippen LogP contribution >= 0.6 is 11.8 Å². The van der Waals surface area contributed by atoms with Crippen LogP contribution < -0.4 is 0 Å². The number of rotatable bonds is 16. The van der Waals surface area contributed by atoms with Crippen molar-refractivity contribution < 1.29 is 9.53 Å². The molecule has 0 aliphatic heterocycles. The molecule has 0 saturated heterocycles. The maximum Gasteiger partial charge on any atom is 0.318 e. The van der Waals surface area contributed by atoms with E-state index in [2.05, 4.69) is 6.92 Å².